The minimum atomic E-state index is -0.564. The number of hydrogen-bond donors (Lipinski definition) is 2. The Morgan fingerprint density at radius 2 is 1.91 bits per heavy atom. The number of benzene rings is 1. The topological polar surface area (TPSA) is 102 Å². The van der Waals surface area contributed by atoms with E-state index in [0.717, 1.165) is 61.5 Å². The standard InChI is InChI=1S/C35H39FN2O5S/c1-34-18-25-27(38(23-10-8-22(36)9-11-23)37-31(25)33(42)44-16-4-3-15-39)17-21(34)7-12-24-26-13-14-29(43-32(41)20-5-6-20)35(26,2)19-28(40)30(24)34/h8-11,17,20,24,26,28-30,39-40H,5-7,12-16,18-19H2,1-2H3/t24-,26-,28-,29+,30+,34-,35-/m0/s1. The number of fused-ring (bicyclic) bond motifs is 6. The van der Waals surface area contributed by atoms with Crippen LogP contribution in [0.5, 0.6) is 0 Å². The molecule has 0 aliphatic heterocycles. The fraction of sp³-hybridized carbons (Fsp3) is 0.571. The van der Waals surface area contributed by atoms with E-state index < -0.39 is 6.10 Å². The molecule has 44 heavy (non-hydrogen) atoms. The quantitative estimate of drug-likeness (QED) is 0.344. The number of aliphatic hydroxyl groups is 2. The van der Waals surface area contributed by atoms with Crippen LogP contribution in [0.4, 0.5) is 4.39 Å². The maximum absolute atomic E-state index is 13.8. The third-order valence-electron chi connectivity index (χ3n) is 11.4. The smallest absolute Gasteiger partial charge is 0.309 e. The van der Waals surface area contributed by atoms with E-state index >= 15 is 0 Å². The zero-order chi connectivity index (χ0) is 30.8. The SMILES string of the molecule is C[C@]12C[C@H](O)[C@H]3[C@@H](CCC4=Cc5c(c(C(=O)SCC#CCO)nn5-c5ccc(F)cc5)C[C@@]43C)[C@@H]1CC[C@H]2OC(=O)C1CC1. The molecule has 2 N–H and O–H groups in total. The van der Waals surface area contributed by atoms with Crippen LogP contribution in [-0.4, -0.2) is 55.6 Å². The number of aromatic nitrogens is 2. The molecule has 232 valence electrons. The Labute approximate surface area is 261 Å². The lowest BCUT2D eigenvalue weighted by Crippen LogP contribution is -2.57. The summed E-state index contributed by atoms with van der Waals surface area (Å²) in [6, 6.07) is 6.11. The van der Waals surface area contributed by atoms with Crippen LogP contribution in [0.15, 0.2) is 29.8 Å². The van der Waals surface area contributed by atoms with Crippen molar-refractivity contribution in [1.82, 2.24) is 9.78 Å². The number of aliphatic hydroxyl groups excluding tert-OH is 2. The van der Waals surface area contributed by atoms with Crippen molar-refractivity contribution in [3.05, 3.63) is 52.6 Å². The van der Waals surface area contributed by atoms with Gasteiger partial charge in [-0.05, 0) is 105 Å². The predicted octanol–water partition coefficient (Wildman–Crippen LogP) is 5.36. The average Bonchev–Trinajstić information content (AvgIpc) is 3.72. The zero-order valence-electron chi connectivity index (χ0n) is 25.2. The number of carbonyl (C=O) groups excluding carboxylic acids is 2. The minimum absolute atomic E-state index is 0.00630. The number of halogens is 1. The largest absolute Gasteiger partial charge is 0.462 e. The zero-order valence-corrected chi connectivity index (χ0v) is 26.0. The second-order valence-corrected chi connectivity index (χ2v) is 14.8. The van der Waals surface area contributed by atoms with Crippen LogP contribution in [0.1, 0.15) is 80.5 Å². The molecule has 9 heteroatoms. The Balaban J connectivity index is 1.23. The Hall–Kier alpha value is -2.93. The van der Waals surface area contributed by atoms with E-state index in [9.17, 15) is 19.1 Å². The molecule has 0 unspecified atom stereocenters. The van der Waals surface area contributed by atoms with Crippen molar-refractivity contribution in [1.29, 1.82) is 0 Å². The summed E-state index contributed by atoms with van der Waals surface area (Å²) in [4.78, 5) is 26.2. The highest BCUT2D eigenvalue weighted by molar-refractivity contribution is 8.14. The summed E-state index contributed by atoms with van der Waals surface area (Å²) in [6.07, 6.45) is 8.13. The summed E-state index contributed by atoms with van der Waals surface area (Å²) in [6.45, 7) is 4.21. The number of ether oxygens (including phenoxy) is 1. The lowest BCUT2D eigenvalue weighted by Gasteiger charge is -2.59. The van der Waals surface area contributed by atoms with Gasteiger partial charge in [-0.3, -0.25) is 9.59 Å². The van der Waals surface area contributed by atoms with Gasteiger partial charge in [0.25, 0.3) is 0 Å². The Kier molecular flexibility index (Phi) is 7.54. The van der Waals surface area contributed by atoms with Crippen molar-refractivity contribution in [2.45, 2.75) is 77.4 Å². The van der Waals surface area contributed by atoms with Crippen LogP contribution >= 0.6 is 11.8 Å². The van der Waals surface area contributed by atoms with Crippen LogP contribution in [0.25, 0.3) is 11.8 Å². The number of carbonyl (C=O) groups is 2. The van der Waals surface area contributed by atoms with Crippen molar-refractivity contribution < 1.29 is 28.9 Å². The highest BCUT2D eigenvalue weighted by atomic mass is 32.2. The summed E-state index contributed by atoms with van der Waals surface area (Å²) in [5, 5.41) is 25.6. The van der Waals surface area contributed by atoms with Gasteiger partial charge in [-0.1, -0.05) is 43.0 Å². The molecule has 0 amide bonds. The first-order chi connectivity index (χ1) is 21.1. The highest BCUT2D eigenvalue weighted by Crippen LogP contribution is 2.66. The van der Waals surface area contributed by atoms with Crippen molar-refractivity contribution >= 4 is 28.9 Å². The molecule has 5 aliphatic carbocycles. The summed E-state index contributed by atoms with van der Waals surface area (Å²) in [5.74, 6) is 5.92. The van der Waals surface area contributed by atoms with Crippen molar-refractivity contribution in [2.24, 2.45) is 34.5 Å². The third-order valence-corrected chi connectivity index (χ3v) is 12.1. The van der Waals surface area contributed by atoms with Crippen LogP contribution in [0.3, 0.4) is 0 Å². The third kappa shape index (κ3) is 4.85. The van der Waals surface area contributed by atoms with Crippen molar-refractivity contribution in [3.8, 4) is 17.5 Å². The van der Waals surface area contributed by atoms with E-state index in [0.29, 0.717) is 30.1 Å². The lowest BCUT2D eigenvalue weighted by atomic mass is 9.46. The number of esters is 1. The predicted molar refractivity (Wildman–Crippen MR) is 165 cm³/mol. The molecule has 0 saturated heterocycles. The van der Waals surface area contributed by atoms with E-state index in [-0.39, 0.29) is 63.9 Å². The maximum atomic E-state index is 13.8. The van der Waals surface area contributed by atoms with Crippen LogP contribution < -0.4 is 0 Å². The van der Waals surface area contributed by atoms with Crippen molar-refractivity contribution in [3.63, 3.8) is 0 Å². The van der Waals surface area contributed by atoms with Gasteiger partial charge < -0.3 is 14.9 Å². The van der Waals surface area contributed by atoms with E-state index in [4.69, 9.17) is 14.9 Å². The first kappa shape index (κ1) is 29.8. The molecule has 4 saturated carbocycles. The fourth-order valence-electron chi connectivity index (χ4n) is 9.18. The number of allylic oxidation sites excluding steroid dienone is 1. The molecule has 7 rings (SSSR count). The van der Waals surface area contributed by atoms with Crippen molar-refractivity contribution in [2.75, 3.05) is 12.4 Å². The molecule has 7 nitrogen and oxygen atoms in total. The highest BCUT2D eigenvalue weighted by Gasteiger charge is 2.63. The van der Waals surface area contributed by atoms with Gasteiger partial charge in [0, 0.05) is 11.0 Å². The second-order valence-electron chi connectivity index (χ2n) is 13.8. The minimum Gasteiger partial charge on any atom is -0.462 e. The molecule has 1 heterocycles. The molecule has 0 radical (unpaired) electrons. The number of rotatable bonds is 5. The number of nitrogens with zero attached hydrogens (tertiary/aromatic N) is 2. The van der Waals surface area contributed by atoms with Crippen LogP contribution in [0.2, 0.25) is 0 Å². The maximum Gasteiger partial charge on any atom is 0.309 e. The van der Waals surface area contributed by atoms with E-state index in [2.05, 4.69) is 31.8 Å². The summed E-state index contributed by atoms with van der Waals surface area (Å²) in [5.41, 5.74) is 3.35. The van der Waals surface area contributed by atoms with E-state index in [1.54, 1.807) is 16.8 Å². The van der Waals surface area contributed by atoms with E-state index in [1.807, 2.05) is 0 Å². The normalized spacial score (nSPS) is 33.6. The molecule has 5 aliphatic rings. The second kappa shape index (κ2) is 11.1. The van der Waals surface area contributed by atoms with E-state index in [1.165, 1.54) is 17.7 Å². The fourth-order valence-corrected chi connectivity index (χ4v) is 9.79. The van der Waals surface area contributed by atoms with Gasteiger partial charge in [-0.25, -0.2) is 9.07 Å². The molecular formula is C35H39FN2O5S. The Morgan fingerprint density at radius 3 is 2.64 bits per heavy atom. The summed E-state index contributed by atoms with van der Waals surface area (Å²) in [7, 11) is 0. The van der Waals surface area contributed by atoms with Crippen LogP contribution in [-0.2, 0) is 16.0 Å². The molecular weight excluding hydrogens is 579 g/mol. The first-order valence-electron chi connectivity index (χ1n) is 15.8. The van der Waals surface area contributed by atoms with Gasteiger partial charge in [0.15, 0.2) is 0 Å². The Bertz CT molecular complexity index is 1590. The van der Waals surface area contributed by atoms with Gasteiger partial charge in [-0.2, -0.15) is 5.10 Å². The number of hydrogen-bond acceptors (Lipinski definition) is 7. The molecule has 0 bridgehead atoms. The molecule has 1 aromatic heterocycles. The molecule has 1 aromatic carbocycles. The summed E-state index contributed by atoms with van der Waals surface area (Å²) >= 11 is 1.06. The van der Waals surface area contributed by atoms with Gasteiger partial charge in [0.1, 0.15) is 24.2 Å². The van der Waals surface area contributed by atoms with Gasteiger partial charge in [0.2, 0.25) is 5.12 Å². The van der Waals surface area contributed by atoms with Gasteiger partial charge in [-0.15, -0.1) is 0 Å². The van der Waals surface area contributed by atoms with Gasteiger partial charge >= 0.3 is 5.97 Å². The molecule has 0 spiro atoms. The first-order valence-corrected chi connectivity index (χ1v) is 16.8. The van der Waals surface area contributed by atoms with Crippen LogP contribution in [0, 0.1) is 52.2 Å². The molecule has 7 atom stereocenters. The average molecular weight is 619 g/mol. The lowest BCUT2D eigenvalue weighted by molar-refractivity contribution is -0.171. The monoisotopic (exact) mass is 618 g/mol. The number of thioether (sulfide) groups is 1. The molecule has 2 aromatic rings. The molecule has 4 fully saturated rings. The van der Waals surface area contributed by atoms with Gasteiger partial charge in [0.05, 0.1) is 29.2 Å². The summed E-state index contributed by atoms with van der Waals surface area (Å²) < 4.78 is 21.6. The Morgan fingerprint density at radius 1 is 1.14 bits per heavy atom.